The fourth-order valence-electron chi connectivity index (χ4n) is 5.78. The fraction of sp³-hybridized carbons (Fsp3) is 0.593. The van der Waals surface area contributed by atoms with E-state index in [2.05, 4.69) is 25.9 Å². The van der Waals surface area contributed by atoms with Crippen LogP contribution in [0.4, 0.5) is 22.4 Å². The van der Waals surface area contributed by atoms with Crippen LogP contribution in [0, 0.1) is 5.92 Å². The lowest BCUT2D eigenvalue weighted by Crippen LogP contribution is -2.37. The number of hydrogen-bond donors (Lipinski definition) is 2. The first-order chi connectivity index (χ1) is 20.1. The second-order valence-electron chi connectivity index (χ2n) is 11.2. The van der Waals surface area contributed by atoms with E-state index in [0.29, 0.717) is 22.4 Å². The number of hydrogen-bond acceptors (Lipinski definition) is 8. The van der Waals surface area contributed by atoms with Gasteiger partial charge in [-0.3, -0.25) is 4.79 Å². The molecule has 42 heavy (non-hydrogen) atoms. The monoisotopic (exact) mass is 594 g/mol. The van der Waals surface area contributed by atoms with Crippen LogP contribution in [0.2, 0.25) is 0 Å². The molecule has 0 bridgehead atoms. The van der Waals surface area contributed by atoms with Crippen molar-refractivity contribution >= 4 is 23.0 Å². The highest BCUT2D eigenvalue weighted by atomic mass is 19.3. The molecule has 3 aliphatic rings. The van der Waals surface area contributed by atoms with Gasteiger partial charge in [0.05, 0.1) is 12.6 Å². The predicted molar refractivity (Wildman–Crippen MR) is 137 cm³/mol. The Labute approximate surface area is 237 Å². The number of oxazole rings is 1. The average Bonchev–Trinajstić information content (AvgIpc) is 3.34. The van der Waals surface area contributed by atoms with Gasteiger partial charge in [-0.25, -0.2) is 32.0 Å². The molecule has 0 unspecified atom stereocenters. The zero-order valence-corrected chi connectivity index (χ0v) is 22.7. The van der Waals surface area contributed by atoms with Gasteiger partial charge in [0, 0.05) is 32.4 Å². The Bertz CT molecular complexity index is 1450. The van der Waals surface area contributed by atoms with Crippen LogP contribution in [0.25, 0.3) is 11.1 Å². The summed E-state index contributed by atoms with van der Waals surface area (Å²) in [6.45, 7) is -0.156. The number of urea groups is 1. The van der Waals surface area contributed by atoms with Crippen molar-refractivity contribution < 1.29 is 40.9 Å². The first-order valence-corrected chi connectivity index (χ1v) is 13.9. The fourth-order valence-corrected chi connectivity index (χ4v) is 5.78. The lowest BCUT2D eigenvalue weighted by molar-refractivity contribution is -0.0503. The summed E-state index contributed by atoms with van der Waals surface area (Å²) in [7, 11) is 1.44. The number of nitrogens with zero attached hydrogens (tertiary/aromatic N) is 4. The van der Waals surface area contributed by atoms with E-state index in [0.717, 1.165) is 12.8 Å². The number of rotatable bonds is 10. The molecule has 2 saturated carbocycles. The average molecular weight is 595 g/mol. The number of nitrogens with one attached hydrogen (secondary N) is 2. The molecule has 3 heterocycles. The minimum absolute atomic E-state index is 0.0453. The molecule has 2 aromatic heterocycles. The van der Waals surface area contributed by atoms with Crippen molar-refractivity contribution in [2.75, 3.05) is 20.3 Å². The summed E-state index contributed by atoms with van der Waals surface area (Å²) in [4.78, 5) is 31.7. The number of benzene rings is 1. The van der Waals surface area contributed by atoms with Crippen molar-refractivity contribution in [2.45, 2.75) is 74.9 Å². The highest BCUT2D eigenvalue weighted by Gasteiger charge is 2.42. The third kappa shape index (κ3) is 5.65. The van der Waals surface area contributed by atoms with Gasteiger partial charge in [0.15, 0.2) is 11.3 Å². The topological polar surface area (TPSA) is 136 Å². The normalized spacial score (nSPS) is 22.5. The summed E-state index contributed by atoms with van der Waals surface area (Å²) in [6.07, 6.45) is -1.36. The molecule has 2 N–H and O–H groups in total. The van der Waals surface area contributed by atoms with E-state index in [-0.39, 0.29) is 62.3 Å². The van der Waals surface area contributed by atoms with Crippen molar-refractivity contribution in [1.82, 2.24) is 30.8 Å². The van der Waals surface area contributed by atoms with Crippen LogP contribution in [0.1, 0.15) is 84.2 Å². The molecule has 3 fully saturated rings. The van der Waals surface area contributed by atoms with Gasteiger partial charge in [-0.15, -0.1) is 0 Å². The van der Waals surface area contributed by atoms with Crippen molar-refractivity contribution in [3.63, 3.8) is 0 Å². The highest BCUT2D eigenvalue weighted by Crippen LogP contribution is 2.43. The molecule has 3 amide bonds. The predicted octanol–water partition coefficient (Wildman–Crippen LogP) is 4.73. The maximum Gasteiger partial charge on any atom is 0.318 e. The Kier molecular flexibility index (Phi) is 7.53. The molecule has 1 aromatic carbocycles. The number of halogens is 4. The zero-order chi connectivity index (χ0) is 29.6. The lowest BCUT2D eigenvalue weighted by Gasteiger charge is -2.32. The van der Waals surface area contributed by atoms with E-state index < -0.39 is 42.4 Å². The number of ether oxygens (including phenoxy) is 1. The van der Waals surface area contributed by atoms with Crippen LogP contribution in [0.15, 0.2) is 27.2 Å². The summed E-state index contributed by atoms with van der Waals surface area (Å²) in [5, 5.41) is 12.8. The van der Waals surface area contributed by atoms with Crippen LogP contribution < -0.4 is 10.6 Å². The molecule has 3 atom stereocenters. The van der Waals surface area contributed by atoms with Crippen LogP contribution in [-0.4, -0.2) is 70.8 Å². The summed E-state index contributed by atoms with van der Waals surface area (Å²) in [5.41, 5.74) is 1.84. The van der Waals surface area contributed by atoms with Crippen LogP contribution in [0.5, 0.6) is 0 Å². The van der Waals surface area contributed by atoms with Gasteiger partial charge >= 0.3 is 6.03 Å². The second-order valence-corrected chi connectivity index (χ2v) is 11.2. The molecule has 1 saturated heterocycles. The summed E-state index contributed by atoms with van der Waals surface area (Å²) in [5.74, 6) is -3.49. The minimum Gasteiger partial charge on any atom is -0.438 e. The van der Waals surface area contributed by atoms with Gasteiger partial charge in [-0.05, 0) is 54.5 Å². The molecule has 226 valence electrons. The van der Waals surface area contributed by atoms with Crippen LogP contribution in [-0.2, 0) is 4.74 Å². The Morgan fingerprint density at radius 2 is 1.98 bits per heavy atom. The van der Waals surface area contributed by atoms with Gasteiger partial charge in [-0.2, -0.15) is 0 Å². The van der Waals surface area contributed by atoms with Gasteiger partial charge in [0.25, 0.3) is 12.3 Å². The number of carbonyl (C=O) groups is 2. The molecule has 6 rings (SSSR count). The second kappa shape index (κ2) is 11.2. The standard InChI is InChI=1S/C27H30F4N6O5/c1-40-12-18(37-11-17(23(28)29)33-26(37)39)15-4-5-19-16(10-15)32-25(41-19)21(14-6-8-27(30,31)9-7-14)34-24(38)22-20(13-2-3-13)35-42-36-22/h4-5,10,13-14,17-18,21,23H,2-3,6-9,11-12H2,1H3,(H,33,39)(H,34,38)/t17-,18+,21+/m1/s1. The van der Waals surface area contributed by atoms with E-state index >= 15 is 0 Å². The molecule has 3 aromatic rings. The Morgan fingerprint density at radius 3 is 2.64 bits per heavy atom. The van der Waals surface area contributed by atoms with Gasteiger partial charge < -0.3 is 24.7 Å². The minimum atomic E-state index is -2.78. The highest BCUT2D eigenvalue weighted by molar-refractivity contribution is 5.93. The van der Waals surface area contributed by atoms with E-state index in [4.69, 9.17) is 13.8 Å². The van der Waals surface area contributed by atoms with Gasteiger partial charge in [0.1, 0.15) is 23.3 Å². The van der Waals surface area contributed by atoms with E-state index in [9.17, 15) is 27.2 Å². The number of carbonyl (C=O) groups excluding carboxylic acids is 2. The summed E-state index contributed by atoms with van der Waals surface area (Å²) >= 11 is 0. The number of alkyl halides is 4. The maximum atomic E-state index is 14.0. The largest absolute Gasteiger partial charge is 0.438 e. The third-order valence-electron chi connectivity index (χ3n) is 8.26. The van der Waals surface area contributed by atoms with Crippen LogP contribution >= 0.6 is 0 Å². The molecular weight excluding hydrogens is 564 g/mol. The van der Waals surface area contributed by atoms with Crippen molar-refractivity contribution in [2.24, 2.45) is 5.92 Å². The molecule has 1 aliphatic heterocycles. The van der Waals surface area contributed by atoms with Gasteiger partial charge in [-0.1, -0.05) is 11.2 Å². The molecule has 2 aliphatic carbocycles. The molecule has 11 nitrogen and oxygen atoms in total. The Hall–Kier alpha value is -3.75. The quantitative estimate of drug-likeness (QED) is 0.322. The molecule has 0 radical (unpaired) electrons. The number of methoxy groups -OCH3 is 1. The SMILES string of the molecule is COC[C@@H](c1ccc2oc([C@@H](NC(=O)c3nonc3C3CC3)C3CCC(F)(F)CC3)nc2c1)N1C[C@H](C(F)F)NC1=O. The van der Waals surface area contributed by atoms with Crippen molar-refractivity contribution in [1.29, 1.82) is 0 Å². The molecule has 0 spiro atoms. The van der Waals surface area contributed by atoms with E-state index in [1.807, 2.05) is 0 Å². The lowest BCUT2D eigenvalue weighted by atomic mass is 9.82. The first-order valence-electron chi connectivity index (χ1n) is 13.9. The van der Waals surface area contributed by atoms with Crippen molar-refractivity contribution in [3.05, 3.63) is 41.0 Å². The summed E-state index contributed by atoms with van der Waals surface area (Å²) < 4.78 is 70.7. The Morgan fingerprint density at radius 1 is 1.21 bits per heavy atom. The number of aromatic nitrogens is 3. The number of fused-ring (bicyclic) bond motifs is 1. The van der Waals surface area contributed by atoms with Crippen LogP contribution in [0.3, 0.4) is 0 Å². The first kappa shape index (κ1) is 28.4. The van der Waals surface area contributed by atoms with E-state index in [1.165, 1.54) is 12.0 Å². The zero-order valence-electron chi connectivity index (χ0n) is 22.7. The number of amides is 3. The smallest absolute Gasteiger partial charge is 0.318 e. The Balaban J connectivity index is 1.29. The van der Waals surface area contributed by atoms with E-state index in [1.54, 1.807) is 18.2 Å². The van der Waals surface area contributed by atoms with Gasteiger partial charge in [0.2, 0.25) is 11.8 Å². The van der Waals surface area contributed by atoms with Crippen molar-refractivity contribution in [3.8, 4) is 0 Å². The molecular formula is C27H30F4N6O5. The maximum absolute atomic E-state index is 14.0. The summed E-state index contributed by atoms with van der Waals surface area (Å²) in [6, 6.07) is 1.53. The molecule has 15 heteroatoms. The third-order valence-corrected chi connectivity index (χ3v) is 8.26.